The van der Waals surface area contributed by atoms with Crippen LogP contribution in [0.3, 0.4) is 0 Å². The van der Waals surface area contributed by atoms with Crippen molar-refractivity contribution in [3.63, 3.8) is 0 Å². The first-order valence-electron chi connectivity index (χ1n) is 8.53. The summed E-state index contributed by atoms with van der Waals surface area (Å²) in [5.41, 5.74) is 1.64. The summed E-state index contributed by atoms with van der Waals surface area (Å²) in [6, 6.07) is 9.92. The van der Waals surface area contributed by atoms with Crippen molar-refractivity contribution in [1.29, 1.82) is 0 Å². The zero-order valence-electron chi connectivity index (χ0n) is 14.4. The Bertz CT molecular complexity index is 859. The molecule has 0 saturated carbocycles. The normalized spacial score (nSPS) is 17.1. The van der Waals surface area contributed by atoms with Crippen LogP contribution in [0.2, 0.25) is 0 Å². The van der Waals surface area contributed by atoms with Crippen molar-refractivity contribution < 1.29 is 9.21 Å². The van der Waals surface area contributed by atoms with Gasteiger partial charge in [0.15, 0.2) is 0 Å². The van der Waals surface area contributed by atoms with Crippen LogP contribution < -0.4 is 0 Å². The monoisotopic (exact) mass is 339 g/mol. The first-order valence-corrected chi connectivity index (χ1v) is 8.53. The zero-order chi connectivity index (χ0) is 17.4. The minimum atomic E-state index is 0.0529. The molecule has 0 aliphatic carbocycles. The molecule has 1 amide bonds. The van der Waals surface area contributed by atoms with Gasteiger partial charge in [0.25, 0.3) is 5.91 Å². The zero-order valence-corrected chi connectivity index (χ0v) is 14.4. The minimum Gasteiger partial charge on any atom is -0.424 e. The Labute approximate surface area is 145 Å². The number of amides is 1. The van der Waals surface area contributed by atoms with Crippen molar-refractivity contribution in [1.82, 2.24) is 25.0 Å². The van der Waals surface area contributed by atoms with Gasteiger partial charge in [0, 0.05) is 44.0 Å². The lowest BCUT2D eigenvalue weighted by molar-refractivity contribution is 0.0553. The molecular weight excluding hydrogens is 318 g/mol. The van der Waals surface area contributed by atoms with E-state index in [1.165, 1.54) is 0 Å². The molecule has 0 radical (unpaired) electrons. The number of H-pyrrole nitrogens is 1. The maximum atomic E-state index is 12.8. The summed E-state index contributed by atoms with van der Waals surface area (Å²) in [5, 5.41) is 9.06. The molecule has 0 bridgehead atoms. The fourth-order valence-electron chi connectivity index (χ4n) is 3.31. The fraction of sp³-hybridized carbons (Fsp3) is 0.389. The van der Waals surface area contributed by atoms with Crippen LogP contribution in [0.4, 0.5) is 0 Å². The molecule has 7 nitrogen and oxygen atoms in total. The average molecular weight is 339 g/mol. The molecule has 1 fully saturated rings. The van der Waals surface area contributed by atoms with Gasteiger partial charge in [-0.2, -0.15) is 0 Å². The van der Waals surface area contributed by atoms with Gasteiger partial charge in [-0.3, -0.25) is 9.69 Å². The molecule has 25 heavy (non-hydrogen) atoms. The van der Waals surface area contributed by atoms with E-state index in [2.05, 4.69) is 27.0 Å². The number of aromatic nitrogens is 3. The number of carbonyl (C=O) groups excluding carboxylic acids is 1. The van der Waals surface area contributed by atoms with E-state index < -0.39 is 0 Å². The lowest BCUT2D eigenvalue weighted by atomic mass is 10.2. The topological polar surface area (TPSA) is 78.3 Å². The van der Waals surface area contributed by atoms with Gasteiger partial charge in [0.05, 0.1) is 6.04 Å². The number of aromatic amines is 1. The molecule has 130 valence electrons. The van der Waals surface area contributed by atoms with E-state index in [1.807, 2.05) is 35.2 Å². The number of hydrogen-bond donors (Lipinski definition) is 1. The number of benzene rings is 1. The predicted octanol–water partition coefficient (Wildman–Crippen LogP) is 2.38. The molecule has 3 heterocycles. The van der Waals surface area contributed by atoms with Crippen LogP contribution in [0, 0.1) is 6.92 Å². The third kappa shape index (κ3) is 3.02. The van der Waals surface area contributed by atoms with Crippen LogP contribution in [0.1, 0.15) is 35.2 Å². The maximum Gasteiger partial charge on any atom is 0.270 e. The van der Waals surface area contributed by atoms with Crippen LogP contribution in [-0.2, 0) is 0 Å². The van der Waals surface area contributed by atoms with Gasteiger partial charge in [-0.25, -0.2) is 0 Å². The number of carbonyl (C=O) groups is 1. The summed E-state index contributed by atoms with van der Waals surface area (Å²) < 4.78 is 5.53. The lowest BCUT2D eigenvalue weighted by Gasteiger charge is -2.36. The number of nitrogens with zero attached hydrogens (tertiary/aromatic N) is 4. The Balaban J connectivity index is 1.41. The predicted molar refractivity (Wildman–Crippen MR) is 93.2 cm³/mol. The van der Waals surface area contributed by atoms with Gasteiger partial charge < -0.3 is 14.3 Å². The molecule has 7 heteroatoms. The molecule has 1 saturated heterocycles. The SMILES string of the molecule is Cc1nnc([C@H](C)N2CCN(C(=O)c3cc4ccccc4[nH]3)CC2)o1. The summed E-state index contributed by atoms with van der Waals surface area (Å²) >= 11 is 0. The van der Waals surface area contributed by atoms with Gasteiger partial charge in [0.2, 0.25) is 11.8 Å². The highest BCUT2D eigenvalue weighted by molar-refractivity contribution is 5.98. The minimum absolute atomic E-state index is 0.0529. The van der Waals surface area contributed by atoms with Gasteiger partial charge in [-0.1, -0.05) is 18.2 Å². The van der Waals surface area contributed by atoms with Crippen molar-refractivity contribution in [2.45, 2.75) is 19.9 Å². The first kappa shape index (κ1) is 15.8. The molecule has 1 aliphatic heterocycles. The summed E-state index contributed by atoms with van der Waals surface area (Å²) in [4.78, 5) is 20.1. The molecule has 1 N–H and O–H groups in total. The number of hydrogen-bond acceptors (Lipinski definition) is 5. The van der Waals surface area contributed by atoms with Crippen LogP contribution in [0.15, 0.2) is 34.7 Å². The average Bonchev–Trinajstić information content (AvgIpc) is 3.26. The van der Waals surface area contributed by atoms with Crippen molar-refractivity contribution in [2.24, 2.45) is 0 Å². The summed E-state index contributed by atoms with van der Waals surface area (Å²) in [5.74, 6) is 1.26. The Kier molecular flexibility index (Phi) is 4.01. The molecule has 1 aromatic carbocycles. The third-order valence-corrected chi connectivity index (χ3v) is 4.81. The second kappa shape index (κ2) is 6.33. The van der Waals surface area contributed by atoms with Crippen molar-refractivity contribution in [3.8, 4) is 0 Å². The van der Waals surface area contributed by atoms with E-state index in [4.69, 9.17) is 4.42 Å². The van der Waals surface area contributed by atoms with E-state index >= 15 is 0 Å². The largest absolute Gasteiger partial charge is 0.424 e. The van der Waals surface area contributed by atoms with Crippen LogP contribution in [-0.4, -0.2) is 57.1 Å². The lowest BCUT2D eigenvalue weighted by Crippen LogP contribution is -2.49. The number of nitrogens with one attached hydrogen (secondary N) is 1. The molecule has 1 aliphatic rings. The van der Waals surface area contributed by atoms with Gasteiger partial charge in [-0.15, -0.1) is 10.2 Å². The van der Waals surface area contributed by atoms with Crippen LogP contribution in [0.5, 0.6) is 0 Å². The molecule has 0 unspecified atom stereocenters. The highest BCUT2D eigenvalue weighted by Crippen LogP contribution is 2.22. The molecule has 1 atom stereocenters. The highest BCUT2D eigenvalue weighted by atomic mass is 16.4. The van der Waals surface area contributed by atoms with Crippen molar-refractivity contribution >= 4 is 16.8 Å². The number of piperazine rings is 1. The van der Waals surface area contributed by atoms with Gasteiger partial charge >= 0.3 is 0 Å². The Morgan fingerprint density at radius 1 is 1.20 bits per heavy atom. The molecule has 3 aromatic rings. The second-order valence-corrected chi connectivity index (χ2v) is 6.43. The fourth-order valence-corrected chi connectivity index (χ4v) is 3.31. The highest BCUT2D eigenvalue weighted by Gasteiger charge is 2.28. The molecular formula is C18H21N5O2. The summed E-state index contributed by atoms with van der Waals surface area (Å²) in [6.07, 6.45) is 0. The van der Waals surface area contributed by atoms with E-state index in [0.29, 0.717) is 30.6 Å². The Morgan fingerprint density at radius 3 is 2.64 bits per heavy atom. The second-order valence-electron chi connectivity index (χ2n) is 6.43. The number of fused-ring (bicyclic) bond motifs is 1. The van der Waals surface area contributed by atoms with E-state index in [9.17, 15) is 4.79 Å². The standard InChI is InChI=1S/C18H21N5O2/c1-12(17-21-20-13(2)25-17)22-7-9-23(10-8-22)18(24)16-11-14-5-3-4-6-15(14)19-16/h3-6,11-12,19H,7-10H2,1-2H3/t12-/m0/s1. The van der Waals surface area contributed by atoms with E-state index in [0.717, 1.165) is 24.0 Å². The maximum absolute atomic E-state index is 12.8. The third-order valence-electron chi connectivity index (χ3n) is 4.81. The van der Waals surface area contributed by atoms with Crippen molar-refractivity contribution in [3.05, 3.63) is 47.8 Å². The summed E-state index contributed by atoms with van der Waals surface area (Å²) in [7, 11) is 0. The molecule has 0 spiro atoms. The molecule has 2 aromatic heterocycles. The van der Waals surface area contributed by atoms with Crippen molar-refractivity contribution in [2.75, 3.05) is 26.2 Å². The quantitative estimate of drug-likeness (QED) is 0.793. The van der Waals surface area contributed by atoms with E-state index in [1.54, 1.807) is 6.92 Å². The molecule has 4 rings (SSSR count). The van der Waals surface area contributed by atoms with Crippen LogP contribution >= 0.6 is 0 Å². The number of para-hydroxylation sites is 1. The number of rotatable bonds is 3. The number of aryl methyl sites for hydroxylation is 1. The van der Waals surface area contributed by atoms with Gasteiger partial charge in [-0.05, 0) is 19.1 Å². The van der Waals surface area contributed by atoms with E-state index in [-0.39, 0.29) is 11.9 Å². The van der Waals surface area contributed by atoms with Gasteiger partial charge in [0.1, 0.15) is 5.69 Å². The Hall–Kier alpha value is -2.67. The van der Waals surface area contributed by atoms with Crippen LogP contribution in [0.25, 0.3) is 10.9 Å². The first-order chi connectivity index (χ1) is 12.1. The Morgan fingerprint density at radius 2 is 1.96 bits per heavy atom. The smallest absolute Gasteiger partial charge is 0.270 e. The summed E-state index contributed by atoms with van der Waals surface area (Å²) in [6.45, 7) is 6.79.